The standard InChI is InChI=1S/C18H24N2/c1-4-15-9-11-18(12-10-15)20(3)14-17-8-6-5-7-16(17)13-19-2/h5-12,19H,4,13-14H2,1-3H3. The Kier molecular flexibility index (Phi) is 5.19. The van der Waals surface area contributed by atoms with Crippen LogP contribution in [0.15, 0.2) is 48.5 Å². The Bertz CT molecular complexity index is 531. The number of nitrogens with one attached hydrogen (secondary N) is 1. The van der Waals surface area contributed by atoms with Gasteiger partial charge in [-0.3, -0.25) is 0 Å². The zero-order valence-electron chi connectivity index (χ0n) is 12.7. The molecule has 0 aliphatic heterocycles. The summed E-state index contributed by atoms with van der Waals surface area (Å²) in [7, 11) is 4.14. The number of hydrogen-bond donors (Lipinski definition) is 1. The molecular weight excluding hydrogens is 244 g/mol. The summed E-state index contributed by atoms with van der Waals surface area (Å²) < 4.78 is 0. The lowest BCUT2D eigenvalue weighted by atomic mass is 10.1. The number of rotatable bonds is 6. The molecule has 0 aliphatic carbocycles. The lowest BCUT2D eigenvalue weighted by molar-refractivity contribution is 0.795. The molecule has 0 spiro atoms. The van der Waals surface area contributed by atoms with Gasteiger partial charge in [0.25, 0.3) is 0 Å². The van der Waals surface area contributed by atoms with Crippen LogP contribution in [-0.4, -0.2) is 14.1 Å². The van der Waals surface area contributed by atoms with E-state index in [1.54, 1.807) is 0 Å². The van der Waals surface area contributed by atoms with Crippen molar-refractivity contribution in [3.63, 3.8) is 0 Å². The van der Waals surface area contributed by atoms with Crippen molar-refractivity contribution < 1.29 is 0 Å². The van der Waals surface area contributed by atoms with Gasteiger partial charge in [0, 0.05) is 25.8 Å². The highest BCUT2D eigenvalue weighted by Crippen LogP contribution is 2.18. The van der Waals surface area contributed by atoms with Gasteiger partial charge in [0.2, 0.25) is 0 Å². The summed E-state index contributed by atoms with van der Waals surface area (Å²) in [4.78, 5) is 2.30. The van der Waals surface area contributed by atoms with Crippen molar-refractivity contribution in [2.45, 2.75) is 26.4 Å². The summed E-state index contributed by atoms with van der Waals surface area (Å²) in [5.74, 6) is 0. The van der Waals surface area contributed by atoms with Crippen LogP contribution in [0.1, 0.15) is 23.6 Å². The smallest absolute Gasteiger partial charge is 0.0429 e. The van der Waals surface area contributed by atoms with E-state index < -0.39 is 0 Å². The van der Waals surface area contributed by atoms with Crippen molar-refractivity contribution >= 4 is 5.69 Å². The van der Waals surface area contributed by atoms with E-state index >= 15 is 0 Å². The van der Waals surface area contributed by atoms with E-state index in [-0.39, 0.29) is 0 Å². The Balaban J connectivity index is 2.12. The van der Waals surface area contributed by atoms with Gasteiger partial charge in [-0.1, -0.05) is 43.3 Å². The first-order valence-corrected chi connectivity index (χ1v) is 7.26. The molecule has 0 saturated heterocycles. The Morgan fingerprint density at radius 2 is 1.60 bits per heavy atom. The first kappa shape index (κ1) is 14.6. The molecular formula is C18H24N2. The molecule has 0 heterocycles. The normalized spacial score (nSPS) is 10.6. The minimum atomic E-state index is 0.915. The Labute approximate surface area is 122 Å². The molecule has 2 aromatic carbocycles. The topological polar surface area (TPSA) is 15.3 Å². The number of hydrogen-bond acceptors (Lipinski definition) is 2. The van der Waals surface area contributed by atoms with Gasteiger partial charge in [0.15, 0.2) is 0 Å². The van der Waals surface area contributed by atoms with E-state index in [4.69, 9.17) is 0 Å². The highest BCUT2D eigenvalue weighted by atomic mass is 15.1. The maximum absolute atomic E-state index is 3.23. The van der Waals surface area contributed by atoms with Crippen molar-refractivity contribution in [1.29, 1.82) is 0 Å². The fourth-order valence-electron chi connectivity index (χ4n) is 2.41. The number of benzene rings is 2. The summed E-state index contributed by atoms with van der Waals surface area (Å²) >= 11 is 0. The lowest BCUT2D eigenvalue weighted by Crippen LogP contribution is -2.18. The molecule has 0 fully saturated rings. The van der Waals surface area contributed by atoms with E-state index in [2.05, 4.69) is 72.7 Å². The van der Waals surface area contributed by atoms with Gasteiger partial charge in [0.1, 0.15) is 0 Å². The SMILES string of the molecule is CCc1ccc(N(C)Cc2ccccc2CNC)cc1. The average molecular weight is 268 g/mol. The van der Waals surface area contributed by atoms with Crippen LogP contribution in [0.2, 0.25) is 0 Å². The van der Waals surface area contributed by atoms with Crippen molar-refractivity contribution in [1.82, 2.24) is 5.32 Å². The first-order chi connectivity index (χ1) is 9.74. The molecule has 2 aromatic rings. The van der Waals surface area contributed by atoms with Gasteiger partial charge in [-0.15, -0.1) is 0 Å². The van der Waals surface area contributed by atoms with E-state index in [0.29, 0.717) is 0 Å². The molecule has 0 atom stereocenters. The summed E-state index contributed by atoms with van der Waals surface area (Å²) in [6.45, 7) is 4.04. The zero-order chi connectivity index (χ0) is 14.4. The highest BCUT2D eigenvalue weighted by Gasteiger charge is 2.05. The van der Waals surface area contributed by atoms with Crippen LogP contribution in [0.25, 0.3) is 0 Å². The molecule has 20 heavy (non-hydrogen) atoms. The van der Waals surface area contributed by atoms with Crippen LogP contribution in [0, 0.1) is 0 Å². The fraction of sp³-hybridized carbons (Fsp3) is 0.333. The third-order valence-corrected chi connectivity index (χ3v) is 3.68. The van der Waals surface area contributed by atoms with Crippen LogP contribution < -0.4 is 10.2 Å². The van der Waals surface area contributed by atoms with Crippen LogP contribution in [0.5, 0.6) is 0 Å². The van der Waals surface area contributed by atoms with Crippen molar-refractivity contribution in [2.75, 3.05) is 19.0 Å². The van der Waals surface area contributed by atoms with Crippen molar-refractivity contribution in [3.8, 4) is 0 Å². The summed E-state index contributed by atoms with van der Waals surface area (Å²) in [5.41, 5.74) is 5.40. The molecule has 1 N–H and O–H groups in total. The maximum atomic E-state index is 3.23. The third-order valence-electron chi connectivity index (χ3n) is 3.68. The molecule has 0 aromatic heterocycles. The van der Waals surface area contributed by atoms with Crippen LogP contribution in [0.3, 0.4) is 0 Å². The van der Waals surface area contributed by atoms with E-state index in [1.807, 2.05) is 7.05 Å². The quantitative estimate of drug-likeness (QED) is 0.861. The monoisotopic (exact) mass is 268 g/mol. The van der Waals surface area contributed by atoms with Crippen molar-refractivity contribution in [2.24, 2.45) is 0 Å². The number of nitrogens with zero attached hydrogens (tertiary/aromatic N) is 1. The number of aryl methyl sites for hydroxylation is 1. The van der Waals surface area contributed by atoms with Crippen LogP contribution in [0.4, 0.5) is 5.69 Å². The summed E-state index contributed by atoms with van der Waals surface area (Å²) in [5, 5.41) is 3.23. The maximum Gasteiger partial charge on any atom is 0.0429 e. The van der Waals surface area contributed by atoms with Gasteiger partial charge in [0.05, 0.1) is 0 Å². The molecule has 2 nitrogen and oxygen atoms in total. The third kappa shape index (κ3) is 3.61. The predicted molar refractivity (Wildman–Crippen MR) is 87.1 cm³/mol. The zero-order valence-corrected chi connectivity index (χ0v) is 12.7. The Morgan fingerprint density at radius 1 is 0.950 bits per heavy atom. The molecule has 0 unspecified atom stereocenters. The van der Waals surface area contributed by atoms with Gasteiger partial charge in [-0.05, 0) is 42.3 Å². The predicted octanol–water partition coefficient (Wildman–Crippen LogP) is 3.60. The fourth-order valence-corrected chi connectivity index (χ4v) is 2.41. The van der Waals surface area contributed by atoms with E-state index in [9.17, 15) is 0 Å². The molecule has 0 aliphatic rings. The van der Waals surface area contributed by atoms with Crippen LogP contribution >= 0.6 is 0 Å². The van der Waals surface area contributed by atoms with Gasteiger partial charge in [-0.2, -0.15) is 0 Å². The lowest BCUT2D eigenvalue weighted by Gasteiger charge is -2.21. The first-order valence-electron chi connectivity index (χ1n) is 7.26. The molecule has 2 heteroatoms. The van der Waals surface area contributed by atoms with Gasteiger partial charge in [-0.25, -0.2) is 0 Å². The molecule has 0 saturated carbocycles. The summed E-state index contributed by atoms with van der Waals surface area (Å²) in [6.07, 6.45) is 1.09. The second-order valence-corrected chi connectivity index (χ2v) is 5.18. The highest BCUT2D eigenvalue weighted by molar-refractivity contribution is 5.48. The average Bonchev–Trinajstić information content (AvgIpc) is 2.49. The minimum Gasteiger partial charge on any atom is -0.370 e. The number of anilines is 1. The van der Waals surface area contributed by atoms with E-state index in [0.717, 1.165) is 19.5 Å². The van der Waals surface area contributed by atoms with E-state index in [1.165, 1.54) is 22.4 Å². The minimum absolute atomic E-state index is 0.915. The Hall–Kier alpha value is -1.80. The van der Waals surface area contributed by atoms with Gasteiger partial charge < -0.3 is 10.2 Å². The Morgan fingerprint density at radius 3 is 2.20 bits per heavy atom. The van der Waals surface area contributed by atoms with Crippen LogP contribution in [-0.2, 0) is 19.5 Å². The second kappa shape index (κ2) is 7.11. The second-order valence-electron chi connectivity index (χ2n) is 5.18. The molecule has 0 amide bonds. The molecule has 0 bridgehead atoms. The molecule has 2 rings (SSSR count). The molecule has 106 valence electrons. The molecule has 0 radical (unpaired) electrons. The largest absolute Gasteiger partial charge is 0.370 e. The summed E-state index contributed by atoms with van der Waals surface area (Å²) in [6, 6.07) is 17.5. The van der Waals surface area contributed by atoms with Gasteiger partial charge >= 0.3 is 0 Å². The van der Waals surface area contributed by atoms with Crippen molar-refractivity contribution in [3.05, 3.63) is 65.2 Å².